The van der Waals surface area contributed by atoms with E-state index in [2.05, 4.69) is 20.9 Å². The molecule has 6 heteroatoms. The summed E-state index contributed by atoms with van der Waals surface area (Å²) >= 11 is 3.40. The summed E-state index contributed by atoms with van der Waals surface area (Å²) in [6, 6.07) is 7.56. The number of aromatic nitrogens is 1. The highest BCUT2D eigenvalue weighted by Gasteiger charge is 2.19. The van der Waals surface area contributed by atoms with Crippen molar-refractivity contribution in [1.29, 1.82) is 0 Å². The Labute approximate surface area is 137 Å². The monoisotopic (exact) mass is 366 g/mol. The maximum absolute atomic E-state index is 12.6. The number of rotatable bonds is 6. The van der Waals surface area contributed by atoms with Crippen LogP contribution in [-0.2, 0) is 4.79 Å². The van der Waals surface area contributed by atoms with E-state index in [0.29, 0.717) is 12.2 Å². The molecule has 0 bridgehead atoms. The van der Waals surface area contributed by atoms with E-state index in [-0.39, 0.29) is 24.8 Å². The second-order valence-corrected chi connectivity index (χ2v) is 6.62. The standard InChI is InChI=1S/C16H19BrN2O3/c1-10(2)9-19(6-5-15(20)21)16(22)14-7-11-3-4-12(17)8-13(11)18-14/h3-4,7-8,10,18H,5-6,9H2,1-2H3,(H,20,21). The molecule has 0 spiro atoms. The lowest BCUT2D eigenvalue weighted by molar-refractivity contribution is -0.137. The Morgan fingerprint density at radius 2 is 2.05 bits per heavy atom. The van der Waals surface area contributed by atoms with Crippen LogP contribution in [0.2, 0.25) is 0 Å². The number of nitrogens with one attached hydrogen (secondary N) is 1. The highest BCUT2D eigenvalue weighted by Crippen LogP contribution is 2.21. The topological polar surface area (TPSA) is 73.4 Å². The maximum atomic E-state index is 12.6. The fourth-order valence-electron chi connectivity index (χ4n) is 2.33. The summed E-state index contributed by atoms with van der Waals surface area (Å²) in [6.07, 6.45) is -0.0514. The number of benzene rings is 1. The minimum Gasteiger partial charge on any atom is -0.481 e. The predicted octanol–water partition coefficient (Wildman–Crippen LogP) is 3.50. The number of aliphatic carboxylic acids is 1. The molecule has 1 amide bonds. The fourth-order valence-corrected chi connectivity index (χ4v) is 2.69. The molecule has 0 atom stereocenters. The molecule has 22 heavy (non-hydrogen) atoms. The van der Waals surface area contributed by atoms with E-state index in [1.807, 2.05) is 32.0 Å². The van der Waals surface area contributed by atoms with Gasteiger partial charge in [-0.2, -0.15) is 0 Å². The van der Waals surface area contributed by atoms with Gasteiger partial charge in [0.05, 0.1) is 6.42 Å². The Hall–Kier alpha value is -1.82. The van der Waals surface area contributed by atoms with Crippen LogP contribution in [0, 0.1) is 5.92 Å². The van der Waals surface area contributed by atoms with Gasteiger partial charge in [-0.15, -0.1) is 0 Å². The Balaban J connectivity index is 2.24. The lowest BCUT2D eigenvalue weighted by atomic mass is 10.2. The third-order valence-electron chi connectivity index (χ3n) is 3.28. The first-order valence-corrected chi connectivity index (χ1v) is 7.95. The van der Waals surface area contributed by atoms with Crippen LogP contribution in [0.15, 0.2) is 28.7 Å². The van der Waals surface area contributed by atoms with E-state index in [0.717, 1.165) is 15.4 Å². The third kappa shape index (κ3) is 4.10. The molecule has 0 unspecified atom stereocenters. The van der Waals surface area contributed by atoms with Crippen molar-refractivity contribution in [2.45, 2.75) is 20.3 Å². The van der Waals surface area contributed by atoms with Gasteiger partial charge in [-0.25, -0.2) is 0 Å². The Morgan fingerprint density at radius 1 is 1.32 bits per heavy atom. The number of carboxylic acids is 1. The first-order chi connectivity index (χ1) is 10.4. The zero-order chi connectivity index (χ0) is 16.3. The second-order valence-electron chi connectivity index (χ2n) is 5.70. The number of aromatic amines is 1. The first kappa shape index (κ1) is 16.5. The van der Waals surface area contributed by atoms with Gasteiger partial charge in [-0.1, -0.05) is 35.8 Å². The van der Waals surface area contributed by atoms with Gasteiger partial charge >= 0.3 is 5.97 Å². The van der Waals surface area contributed by atoms with Crippen LogP contribution in [0.5, 0.6) is 0 Å². The number of H-pyrrole nitrogens is 1. The van der Waals surface area contributed by atoms with Crippen LogP contribution in [0.3, 0.4) is 0 Å². The average Bonchev–Trinajstić information content (AvgIpc) is 2.85. The molecule has 0 aliphatic carbocycles. The fraction of sp³-hybridized carbons (Fsp3) is 0.375. The van der Waals surface area contributed by atoms with Gasteiger partial charge in [0, 0.05) is 28.5 Å². The third-order valence-corrected chi connectivity index (χ3v) is 3.78. The minimum absolute atomic E-state index is 0.0514. The zero-order valence-electron chi connectivity index (χ0n) is 12.6. The molecule has 0 saturated carbocycles. The largest absolute Gasteiger partial charge is 0.481 e. The molecule has 0 fully saturated rings. The molecule has 2 N–H and O–H groups in total. The Bertz CT molecular complexity index is 694. The summed E-state index contributed by atoms with van der Waals surface area (Å²) in [5.74, 6) is -0.791. The van der Waals surface area contributed by atoms with Crippen LogP contribution >= 0.6 is 15.9 Å². The molecule has 5 nitrogen and oxygen atoms in total. The van der Waals surface area contributed by atoms with Gasteiger partial charge in [-0.3, -0.25) is 9.59 Å². The molecular formula is C16H19BrN2O3. The number of carbonyl (C=O) groups excluding carboxylic acids is 1. The highest BCUT2D eigenvalue weighted by molar-refractivity contribution is 9.10. The number of hydrogen-bond acceptors (Lipinski definition) is 2. The predicted molar refractivity (Wildman–Crippen MR) is 89.0 cm³/mol. The molecule has 1 heterocycles. The molecule has 1 aromatic carbocycles. The quantitative estimate of drug-likeness (QED) is 0.821. The Kier molecular flexibility index (Phi) is 5.24. The molecule has 118 valence electrons. The molecular weight excluding hydrogens is 348 g/mol. The normalized spacial score (nSPS) is 11.1. The van der Waals surface area contributed by atoms with Crippen molar-refractivity contribution in [3.05, 3.63) is 34.4 Å². The highest BCUT2D eigenvalue weighted by atomic mass is 79.9. The minimum atomic E-state index is -0.901. The van der Waals surface area contributed by atoms with Gasteiger partial charge in [0.25, 0.3) is 5.91 Å². The molecule has 1 aromatic heterocycles. The number of halogens is 1. The van der Waals surface area contributed by atoms with E-state index in [9.17, 15) is 9.59 Å². The zero-order valence-corrected chi connectivity index (χ0v) is 14.2. The van der Waals surface area contributed by atoms with Crippen LogP contribution in [0.4, 0.5) is 0 Å². The summed E-state index contributed by atoms with van der Waals surface area (Å²) in [6.45, 7) is 4.75. The van der Waals surface area contributed by atoms with Gasteiger partial charge < -0.3 is 15.0 Å². The molecule has 0 saturated heterocycles. The molecule has 2 aromatic rings. The van der Waals surface area contributed by atoms with E-state index >= 15 is 0 Å². The van der Waals surface area contributed by atoms with E-state index in [1.54, 1.807) is 11.0 Å². The summed E-state index contributed by atoms with van der Waals surface area (Å²) in [4.78, 5) is 28.1. The van der Waals surface area contributed by atoms with Crippen LogP contribution in [0.1, 0.15) is 30.8 Å². The van der Waals surface area contributed by atoms with Gasteiger partial charge in [-0.05, 0) is 24.1 Å². The van der Waals surface area contributed by atoms with Crippen molar-refractivity contribution in [3.63, 3.8) is 0 Å². The van der Waals surface area contributed by atoms with Gasteiger partial charge in [0.2, 0.25) is 0 Å². The van der Waals surface area contributed by atoms with Crippen molar-refractivity contribution in [3.8, 4) is 0 Å². The van der Waals surface area contributed by atoms with Gasteiger partial charge in [0.15, 0.2) is 0 Å². The molecule has 2 rings (SSSR count). The Morgan fingerprint density at radius 3 is 2.68 bits per heavy atom. The first-order valence-electron chi connectivity index (χ1n) is 7.16. The summed E-state index contributed by atoms with van der Waals surface area (Å²) in [7, 11) is 0. The lowest BCUT2D eigenvalue weighted by Gasteiger charge is -2.23. The smallest absolute Gasteiger partial charge is 0.305 e. The molecule has 0 radical (unpaired) electrons. The molecule has 0 aliphatic rings. The number of carboxylic acid groups (broad SMARTS) is 1. The second kappa shape index (κ2) is 6.96. The van der Waals surface area contributed by atoms with E-state index in [4.69, 9.17) is 5.11 Å². The van der Waals surface area contributed by atoms with Crippen LogP contribution in [-0.4, -0.2) is 40.0 Å². The van der Waals surface area contributed by atoms with E-state index < -0.39 is 5.97 Å². The van der Waals surface area contributed by atoms with Crippen molar-refractivity contribution >= 4 is 38.7 Å². The van der Waals surface area contributed by atoms with Gasteiger partial charge in [0.1, 0.15) is 5.69 Å². The number of hydrogen-bond donors (Lipinski definition) is 2. The SMILES string of the molecule is CC(C)CN(CCC(=O)O)C(=O)c1cc2ccc(Br)cc2[nH]1. The van der Waals surface area contributed by atoms with E-state index in [1.165, 1.54) is 0 Å². The molecule has 0 aliphatic heterocycles. The average molecular weight is 367 g/mol. The van der Waals surface area contributed by atoms with Crippen molar-refractivity contribution in [2.24, 2.45) is 5.92 Å². The number of amides is 1. The summed E-state index contributed by atoms with van der Waals surface area (Å²) < 4.78 is 0.936. The van der Waals surface area contributed by atoms with Crippen LogP contribution < -0.4 is 0 Å². The summed E-state index contributed by atoms with van der Waals surface area (Å²) in [5.41, 5.74) is 1.36. The van der Waals surface area contributed by atoms with Crippen molar-refractivity contribution in [1.82, 2.24) is 9.88 Å². The lowest BCUT2D eigenvalue weighted by Crippen LogP contribution is -2.36. The van der Waals surface area contributed by atoms with Crippen molar-refractivity contribution in [2.75, 3.05) is 13.1 Å². The van der Waals surface area contributed by atoms with Crippen LogP contribution in [0.25, 0.3) is 10.9 Å². The number of nitrogens with zero attached hydrogens (tertiary/aromatic N) is 1. The number of fused-ring (bicyclic) bond motifs is 1. The maximum Gasteiger partial charge on any atom is 0.305 e. The van der Waals surface area contributed by atoms with Crippen molar-refractivity contribution < 1.29 is 14.7 Å². The number of carbonyl (C=O) groups is 2. The summed E-state index contributed by atoms with van der Waals surface area (Å²) in [5, 5.41) is 9.80.